The molecule has 0 bridgehead atoms. The Morgan fingerprint density at radius 1 is 1.30 bits per heavy atom. The summed E-state index contributed by atoms with van der Waals surface area (Å²) >= 11 is 0. The summed E-state index contributed by atoms with van der Waals surface area (Å²) in [7, 11) is -0.497. The van der Waals surface area contributed by atoms with Crippen molar-refractivity contribution in [2.24, 2.45) is 5.92 Å². The molecule has 0 spiro atoms. The van der Waals surface area contributed by atoms with Crippen molar-refractivity contribution < 1.29 is 13.2 Å². The first-order valence-corrected chi connectivity index (χ1v) is 7.87. The number of hydrogen-bond acceptors (Lipinski definition) is 4. The van der Waals surface area contributed by atoms with Crippen LogP contribution in [-0.2, 0) is 10.0 Å². The predicted octanol–water partition coefficient (Wildman–Crippen LogP) is -0.114. The number of sulfonamides is 1. The first-order valence-electron chi connectivity index (χ1n) is 6.43. The Morgan fingerprint density at radius 3 is 2.35 bits per heavy atom. The van der Waals surface area contributed by atoms with E-state index in [1.54, 1.807) is 0 Å². The molecule has 1 aromatic carbocycles. The van der Waals surface area contributed by atoms with Crippen molar-refractivity contribution in [2.75, 3.05) is 33.7 Å². The second-order valence-corrected chi connectivity index (χ2v) is 7.20. The van der Waals surface area contributed by atoms with Crippen LogP contribution in [0.3, 0.4) is 0 Å². The van der Waals surface area contributed by atoms with Gasteiger partial charge in [-0.1, -0.05) is 0 Å². The lowest BCUT2D eigenvalue weighted by molar-refractivity contribution is 0.0942. The van der Waals surface area contributed by atoms with Gasteiger partial charge >= 0.3 is 0 Å². The van der Waals surface area contributed by atoms with Crippen molar-refractivity contribution in [1.82, 2.24) is 14.9 Å². The molecule has 1 aromatic rings. The highest BCUT2D eigenvalue weighted by atomic mass is 32.2. The van der Waals surface area contributed by atoms with E-state index < -0.39 is 10.0 Å². The molecule has 1 fully saturated rings. The molecule has 0 unspecified atom stereocenters. The van der Waals surface area contributed by atoms with Crippen LogP contribution in [0.4, 0.5) is 0 Å². The van der Waals surface area contributed by atoms with Crippen LogP contribution in [0.2, 0.25) is 0 Å². The van der Waals surface area contributed by atoms with Crippen LogP contribution in [0.1, 0.15) is 10.4 Å². The average Bonchev–Trinajstić information content (AvgIpc) is 2.36. The van der Waals surface area contributed by atoms with Crippen LogP contribution in [0, 0.1) is 5.92 Å². The SMILES string of the molecule is CN(C)S(=O)(=O)c1ccc(C(=O)NCC2CNC2)cc1. The fourth-order valence-electron chi connectivity index (χ4n) is 1.82. The summed E-state index contributed by atoms with van der Waals surface area (Å²) in [5, 5.41) is 5.98. The number of rotatable bonds is 5. The van der Waals surface area contributed by atoms with E-state index in [2.05, 4.69) is 10.6 Å². The number of hydrogen-bond donors (Lipinski definition) is 2. The van der Waals surface area contributed by atoms with Crippen molar-refractivity contribution in [3.63, 3.8) is 0 Å². The zero-order valence-electron chi connectivity index (χ0n) is 11.6. The van der Waals surface area contributed by atoms with Gasteiger partial charge < -0.3 is 10.6 Å². The van der Waals surface area contributed by atoms with Crippen LogP contribution in [-0.4, -0.2) is 52.4 Å². The van der Waals surface area contributed by atoms with Crippen molar-refractivity contribution in [2.45, 2.75) is 4.90 Å². The number of carbonyl (C=O) groups is 1. The summed E-state index contributed by atoms with van der Waals surface area (Å²) in [6.45, 7) is 2.50. The van der Waals surface area contributed by atoms with Crippen LogP contribution >= 0.6 is 0 Å². The Kier molecular flexibility index (Phi) is 4.42. The Hall–Kier alpha value is -1.44. The Morgan fingerprint density at radius 2 is 1.90 bits per heavy atom. The maximum absolute atomic E-state index is 11.9. The zero-order valence-corrected chi connectivity index (χ0v) is 12.4. The minimum atomic E-state index is -3.45. The highest BCUT2D eigenvalue weighted by Crippen LogP contribution is 2.14. The summed E-state index contributed by atoms with van der Waals surface area (Å²) in [6, 6.07) is 5.97. The first-order chi connectivity index (χ1) is 9.41. The minimum absolute atomic E-state index is 0.175. The molecule has 0 aliphatic carbocycles. The summed E-state index contributed by atoms with van der Waals surface area (Å²) in [5.74, 6) is 0.318. The number of nitrogens with zero attached hydrogens (tertiary/aromatic N) is 1. The first kappa shape index (κ1) is 15.0. The van der Waals surface area contributed by atoms with Crippen LogP contribution < -0.4 is 10.6 Å². The van der Waals surface area contributed by atoms with Gasteiger partial charge in [0.05, 0.1) is 4.90 Å². The summed E-state index contributed by atoms with van der Waals surface area (Å²) in [6.07, 6.45) is 0. The van der Waals surface area contributed by atoms with Gasteiger partial charge in [-0.05, 0) is 24.3 Å². The zero-order chi connectivity index (χ0) is 14.8. The van der Waals surface area contributed by atoms with E-state index >= 15 is 0 Å². The Labute approximate surface area is 119 Å². The lowest BCUT2D eigenvalue weighted by atomic mass is 10.0. The van der Waals surface area contributed by atoms with E-state index in [1.807, 2.05) is 0 Å². The number of nitrogens with one attached hydrogen (secondary N) is 2. The fraction of sp³-hybridized carbons (Fsp3) is 0.462. The van der Waals surface area contributed by atoms with Crippen molar-refractivity contribution in [3.05, 3.63) is 29.8 Å². The van der Waals surface area contributed by atoms with Gasteiger partial charge in [0.2, 0.25) is 10.0 Å². The van der Waals surface area contributed by atoms with E-state index in [9.17, 15) is 13.2 Å². The monoisotopic (exact) mass is 297 g/mol. The molecule has 1 heterocycles. The Balaban J connectivity index is 2.02. The van der Waals surface area contributed by atoms with Gasteiger partial charge in [0.1, 0.15) is 0 Å². The van der Waals surface area contributed by atoms with Crippen molar-refractivity contribution in [3.8, 4) is 0 Å². The van der Waals surface area contributed by atoms with Gasteiger partial charge in [-0.3, -0.25) is 4.79 Å². The molecule has 1 aliphatic heterocycles. The lowest BCUT2D eigenvalue weighted by Gasteiger charge is -2.27. The van der Waals surface area contributed by atoms with Gasteiger partial charge in [-0.15, -0.1) is 0 Å². The molecule has 1 saturated heterocycles. The van der Waals surface area contributed by atoms with E-state index in [0.717, 1.165) is 17.4 Å². The molecule has 2 N–H and O–H groups in total. The van der Waals surface area contributed by atoms with Crippen LogP contribution in [0.15, 0.2) is 29.2 Å². The largest absolute Gasteiger partial charge is 0.352 e. The van der Waals surface area contributed by atoms with Gasteiger partial charge in [0.25, 0.3) is 5.91 Å². The van der Waals surface area contributed by atoms with Gasteiger partial charge in [-0.25, -0.2) is 12.7 Å². The number of amides is 1. The highest BCUT2D eigenvalue weighted by molar-refractivity contribution is 7.89. The van der Waals surface area contributed by atoms with E-state index in [4.69, 9.17) is 0 Å². The lowest BCUT2D eigenvalue weighted by Crippen LogP contribution is -2.48. The molecule has 6 nitrogen and oxygen atoms in total. The summed E-state index contributed by atoms with van der Waals surface area (Å²) < 4.78 is 24.9. The topological polar surface area (TPSA) is 78.5 Å². The molecule has 1 aliphatic rings. The molecule has 110 valence electrons. The molecule has 20 heavy (non-hydrogen) atoms. The van der Waals surface area contributed by atoms with E-state index in [0.29, 0.717) is 18.0 Å². The van der Waals surface area contributed by atoms with E-state index in [1.165, 1.54) is 38.4 Å². The molecule has 0 aromatic heterocycles. The molecule has 2 rings (SSSR count). The van der Waals surface area contributed by atoms with Gasteiger partial charge in [0, 0.05) is 45.2 Å². The molecule has 1 amide bonds. The van der Waals surface area contributed by atoms with Gasteiger partial charge in [-0.2, -0.15) is 0 Å². The van der Waals surface area contributed by atoms with E-state index in [-0.39, 0.29) is 10.8 Å². The second kappa shape index (κ2) is 5.90. The number of benzene rings is 1. The quantitative estimate of drug-likeness (QED) is 0.794. The fourth-order valence-corrected chi connectivity index (χ4v) is 2.72. The maximum atomic E-state index is 11.9. The molecular weight excluding hydrogens is 278 g/mol. The molecular formula is C13H19N3O3S. The normalized spacial score (nSPS) is 15.9. The third-order valence-electron chi connectivity index (χ3n) is 3.31. The maximum Gasteiger partial charge on any atom is 0.251 e. The third-order valence-corrected chi connectivity index (χ3v) is 5.14. The summed E-state index contributed by atoms with van der Waals surface area (Å²) in [5.41, 5.74) is 0.468. The van der Waals surface area contributed by atoms with Crippen molar-refractivity contribution in [1.29, 1.82) is 0 Å². The molecule has 0 saturated carbocycles. The molecule has 0 atom stereocenters. The third kappa shape index (κ3) is 3.17. The minimum Gasteiger partial charge on any atom is -0.352 e. The second-order valence-electron chi connectivity index (χ2n) is 5.05. The molecule has 7 heteroatoms. The average molecular weight is 297 g/mol. The van der Waals surface area contributed by atoms with Crippen LogP contribution in [0.5, 0.6) is 0 Å². The van der Waals surface area contributed by atoms with Crippen molar-refractivity contribution >= 4 is 15.9 Å². The Bertz CT molecular complexity index is 577. The molecule has 0 radical (unpaired) electrons. The predicted molar refractivity (Wildman–Crippen MR) is 76.0 cm³/mol. The summed E-state index contributed by atoms with van der Waals surface area (Å²) in [4.78, 5) is 12.1. The standard InChI is InChI=1S/C13H19N3O3S/c1-16(2)20(18,19)12-5-3-11(4-6-12)13(17)15-9-10-7-14-8-10/h3-6,10,14H,7-9H2,1-2H3,(H,15,17). The van der Waals surface area contributed by atoms with Crippen LogP contribution in [0.25, 0.3) is 0 Å². The highest BCUT2D eigenvalue weighted by Gasteiger charge is 2.19. The van der Waals surface area contributed by atoms with Gasteiger partial charge in [0.15, 0.2) is 0 Å². The smallest absolute Gasteiger partial charge is 0.251 e. The number of carbonyl (C=O) groups excluding carboxylic acids is 1.